The second-order valence-corrected chi connectivity index (χ2v) is 6.01. The second kappa shape index (κ2) is 5.25. The van der Waals surface area contributed by atoms with Gasteiger partial charge in [0.2, 0.25) is 0 Å². The molecule has 1 heterocycles. The van der Waals surface area contributed by atoms with Crippen LogP contribution in [0.1, 0.15) is 5.56 Å². The van der Waals surface area contributed by atoms with Gasteiger partial charge in [-0.25, -0.2) is 8.42 Å². The number of nitro groups is 1. The Morgan fingerprint density at radius 2 is 1.85 bits per heavy atom. The van der Waals surface area contributed by atoms with E-state index in [4.69, 9.17) is 5.73 Å². The molecule has 0 atom stereocenters. The highest BCUT2D eigenvalue weighted by atomic mass is 32.2. The summed E-state index contributed by atoms with van der Waals surface area (Å²) in [5.74, 6) is -0.932. The molecule has 0 unspecified atom stereocenters. The van der Waals surface area contributed by atoms with E-state index in [1.54, 1.807) is 30.3 Å². The quantitative estimate of drug-likeness (QED) is 0.675. The van der Waals surface area contributed by atoms with Crippen LogP contribution in [-0.2, 0) is 15.6 Å². The zero-order chi connectivity index (χ0) is 14.8. The number of hydrogen-bond acceptors (Lipinski definition) is 6. The molecule has 0 spiro atoms. The molecule has 0 aliphatic heterocycles. The Balaban J connectivity index is 2.45. The van der Waals surface area contributed by atoms with Gasteiger partial charge in [-0.2, -0.15) is 0 Å². The lowest BCUT2D eigenvalue weighted by molar-refractivity contribution is -0.388. The summed E-state index contributed by atoms with van der Waals surface area (Å²) in [7, 11) is -3.77. The van der Waals surface area contributed by atoms with Gasteiger partial charge in [0, 0.05) is 6.07 Å². The minimum atomic E-state index is -3.77. The number of anilines is 1. The van der Waals surface area contributed by atoms with Crippen molar-refractivity contribution >= 4 is 21.3 Å². The van der Waals surface area contributed by atoms with Crippen LogP contribution in [0.5, 0.6) is 0 Å². The van der Waals surface area contributed by atoms with Crippen molar-refractivity contribution in [3.8, 4) is 0 Å². The Hall–Kier alpha value is -2.48. The van der Waals surface area contributed by atoms with Crippen LogP contribution >= 0.6 is 0 Å². The lowest BCUT2D eigenvalue weighted by atomic mass is 10.2. The molecule has 2 aromatic rings. The summed E-state index contributed by atoms with van der Waals surface area (Å²) in [5, 5.41) is 10.7. The maximum atomic E-state index is 12.3. The van der Waals surface area contributed by atoms with E-state index in [1.807, 2.05) is 0 Å². The standard InChI is InChI=1S/C12H11N3O4S/c13-11-10(6-7-14-12(11)15(16)17)20(18,19)8-9-4-2-1-3-5-9/h1-7H,8,13H2. The highest BCUT2D eigenvalue weighted by molar-refractivity contribution is 7.90. The molecule has 2 N–H and O–H groups in total. The smallest absolute Gasteiger partial charge is 0.388 e. The van der Waals surface area contributed by atoms with Crippen molar-refractivity contribution in [1.29, 1.82) is 0 Å². The maximum Gasteiger partial charge on any atom is 0.388 e. The number of aromatic nitrogens is 1. The fraction of sp³-hybridized carbons (Fsp3) is 0.0833. The molecule has 8 heteroatoms. The van der Waals surface area contributed by atoms with E-state index in [-0.39, 0.29) is 10.6 Å². The molecule has 0 amide bonds. The van der Waals surface area contributed by atoms with Gasteiger partial charge in [-0.3, -0.25) is 0 Å². The molecule has 0 saturated heterocycles. The summed E-state index contributed by atoms with van der Waals surface area (Å²) in [5.41, 5.74) is 5.68. The first-order valence-electron chi connectivity index (χ1n) is 5.57. The molecule has 104 valence electrons. The van der Waals surface area contributed by atoms with E-state index in [2.05, 4.69) is 4.98 Å². The van der Waals surface area contributed by atoms with Crippen molar-refractivity contribution in [2.24, 2.45) is 0 Å². The van der Waals surface area contributed by atoms with Crippen LogP contribution in [0.2, 0.25) is 0 Å². The summed E-state index contributed by atoms with van der Waals surface area (Å²) in [4.78, 5) is 13.1. The first kappa shape index (κ1) is 13.9. The fourth-order valence-electron chi connectivity index (χ4n) is 1.73. The van der Waals surface area contributed by atoms with Crippen LogP contribution in [0.4, 0.5) is 11.5 Å². The van der Waals surface area contributed by atoms with Gasteiger partial charge in [0.25, 0.3) is 0 Å². The molecule has 0 aliphatic rings. The van der Waals surface area contributed by atoms with Crippen molar-refractivity contribution in [2.75, 3.05) is 5.73 Å². The van der Waals surface area contributed by atoms with E-state index in [9.17, 15) is 18.5 Å². The van der Waals surface area contributed by atoms with Gasteiger partial charge in [0.05, 0.1) is 5.75 Å². The Labute approximate surface area is 115 Å². The lowest BCUT2D eigenvalue weighted by Crippen LogP contribution is -2.10. The van der Waals surface area contributed by atoms with Crippen LogP contribution in [0.3, 0.4) is 0 Å². The molecule has 1 aromatic carbocycles. The molecule has 0 saturated carbocycles. The van der Waals surface area contributed by atoms with Crippen molar-refractivity contribution in [2.45, 2.75) is 10.6 Å². The second-order valence-electron chi connectivity index (χ2n) is 4.05. The van der Waals surface area contributed by atoms with Crippen molar-refractivity contribution < 1.29 is 13.3 Å². The number of pyridine rings is 1. The molecule has 0 radical (unpaired) electrons. The average Bonchev–Trinajstić information content (AvgIpc) is 2.39. The van der Waals surface area contributed by atoms with Gasteiger partial charge in [-0.1, -0.05) is 30.3 Å². The minimum Gasteiger partial charge on any atom is -0.391 e. The highest BCUT2D eigenvalue weighted by Crippen LogP contribution is 2.28. The third-order valence-electron chi connectivity index (χ3n) is 2.64. The lowest BCUT2D eigenvalue weighted by Gasteiger charge is -2.07. The van der Waals surface area contributed by atoms with Gasteiger partial charge in [0.15, 0.2) is 9.84 Å². The Morgan fingerprint density at radius 3 is 2.45 bits per heavy atom. The zero-order valence-corrected chi connectivity index (χ0v) is 11.1. The normalized spacial score (nSPS) is 11.2. The largest absolute Gasteiger partial charge is 0.391 e. The van der Waals surface area contributed by atoms with Crippen LogP contribution in [0.25, 0.3) is 0 Å². The number of sulfone groups is 1. The van der Waals surface area contributed by atoms with Gasteiger partial charge >= 0.3 is 5.82 Å². The van der Waals surface area contributed by atoms with Crippen LogP contribution in [0.15, 0.2) is 47.5 Å². The number of nitrogens with two attached hydrogens (primary N) is 1. The summed E-state index contributed by atoms with van der Waals surface area (Å²) in [6.45, 7) is 0. The van der Waals surface area contributed by atoms with Gasteiger partial charge < -0.3 is 15.8 Å². The maximum absolute atomic E-state index is 12.3. The van der Waals surface area contributed by atoms with E-state index < -0.39 is 26.3 Å². The molecule has 2 rings (SSSR count). The summed E-state index contributed by atoms with van der Waals surface area (Å²) in [6.07, 6.45) is 1.06. The van der Waals surface area contributed by atoms with E-state index in [1.165, 1.54) is 6.07 Å². The molecular formula is C12H11N3O4S. The number of hydrogen-bond donors (Lipinski definition) is 1. The zero-order valence-electron chi connectivity index (χ0n) is 10.3. The van der Waals surface area contributed by atoms with Crippen molar-refractivity contribution in [3.63, 3.8) is 0 Å². The van der Waals surface area contributed by atoms with E-state index in [0.717, 1.165) is 6.20 Å². The molecular weight excluding hydrogens is 282 g/mol. The molecule has 0 bridgehead atoms. The topological polar surface area (TPSA) is 116 Å². The monoisotopic (exact) mass is 293 g/mol. The Kier molecular flexibility index (Phi) is 3.66. The predicted octanol–water partition coefficient (Wildman–Crippen LogP) is 1.55. The van der Waals surface area contributed by atoms with E-state index in [0.29, 0.717) is 5.56 Å². The SMILES string of the molecule is Nc1c(S(=O)(=O)Cc2ccccc2)ccnc1[N+](=O)[O-]. The predicted molar refractivity (Wildman–Crippen MR) is 72.6 cm³/mol. The summed E-state index contributed by atoms with van der Waals surface area (Å²) in [6, 6.07) is 9.67. The summed E-state index contributed by atoms with van der Waals surface area (Å²) < 4.78 is 24.5. The fourth-order valence-corrected chi connectivity index (χ4v) is 3.21. The van der Waals surface area contributed by atoms with Gasteiger partial charge in [-0.15, -0.1) is 0 Å². The Bertz CT molecular complexity index is 745. The Morgan fingerprint density at radius 1 is 1.20 bits per heavy atom. The first-order valence-corrected chi connectivity index (χ1v) is 7.22. The number of rotatable bonds is 4. The molecule has 0 fully saturated rings. The third-order valence-corrected chi connectivity index (χ3v) is 4.38. The van der Waals surface area contributed by atoms with Crippen molar-refractivity contribution in [3.05, 3.63) is 58.3 Å². The number of benzene rings is 1. The molecule has 20 heavy (non-hydrogen) atoms. The van der Waals surface area contributed by atoms with Crippen LogP contribution < -0.4 is 5.73 Å². The third kappa shape index (κ3) is 2.75. The van der Waals surface area contributed by atoms with Gasteiger partial charge in [0.1, 0.15) is 16.8 Å². The number of nitrogens with zero attached hydrogens (tertiary/aromatic N) is 2. The molecule has 7 nitrogen and oxygen atoms in total. The molecule has 0 aliphatic carbocycles. The van der Waals surface area contributed by atoms with E-state index >= 15 is 0 Å². The highest BCUT2D eigenvalue weighted by Gasteiger charge is 2.25. The van der Waals surface area contributed by atoms with Crippen molar-refractivity contribution in [1.82, 2.24) is 4.98 Å². The minimum absolute atomic E-state index is 0.275. The average molecular weight is 293 g/mol. The number of nitrogen functional groups attached to an aromatic ring is 1. The van der Waals surface area contributed by atoms with Crippen LogP contribution in [0, 0.1) is 10.1 Å². The van der Waals surface area contributed by atoms with Gasteiger partial charge in [-0.05, 0) is 15.5 Å². The first-order chi connectivity index (χ1) is 9.42. The molecule has 1 aromatic heterocycles. The van der Waals surface area contributed by atoms with Crippen LogP contribution in [-0.4, -0.2) is 18.3 Å². The summed E-state index contributed by atoms with van der Waals surface area (Å²) >= 11 is 0.